The fourth-order valence-corrected chi connectivity index (χ4v) is 3.58. The molecule has 0 atom stereocenters. The summed E-state index contributed by atoms with van der Waals surface area (Å²) in [5, 5.41) is 7.35. The Kier molecular flexibility index (Phi) is 4.87. The zero-order chi connectivity index (χ0) is 17.3. The van der Waals surface area contributed by atoms with E-state index in [0.717, 1.165) is 31.7 Å². The van der Waals surface area contributed by atoms with Gasteiger partial charge < -0.3 is 5.32 Å². The minimum absolute atomic E-state index is 0.155. The van der Waals surface area contributed by atoms with Crippen LogP contribution in [0.3, 0.4) is 0 Å². The maximum Gasteiger partial charge on any atom is 0.255 e. The van der Waals surface area contributed by atoms with Crippen LogP contribution in [0.25, 0.3) is 5.69 Å². The van der Waals surface area contributed by atoms with Gasteiger partial charge in [-0.3, -0.25) is 4.79 Å². The highest BCUT2D eigenvalue weighted by Crippen LogP contribution is 2.26. The third kappa shape index (κ3) is 3.60. The number of nitrogens with one attached hydrogen (secondary N) is 1. The SMILES string of the molecule is Cc1cc(C)n(-c2ccc(C(=O)Nc3ccc(Br)cc3Br)cc2)n1. The van der Waals surface area contributed by atoms with Gasteiger partial charge in [-0.1, -0.05) is 15.9 Å². The van der Waals surface area contributed by atoms with Crippen LogP contribution < -0.4 is 5.32 Å². The van der Waals surface area contributed by atoms with Crippen molar-refractivity contribution in [2.24, 2.45) is 0 Å². The van der Waals surface area contributed by atoms with Crippen LogP contribution in [-0.2, 0) is 0 Å². The minimum Gasteiger partial charge on any atom is -0.321 e. The summed E-state index contributed by atoms with van der Waals surface area (Å²) in [5.41, 5.74) is 4.28. The van der Waals surface area contributed by atoms with E-state index in [1.807, 2.05) is 54.9 Å². The van der Waals surface area contributed by atoms with Crippen LogP contribution in [-0.4, -0.2) is 15.7 Å². The highest BCUT2D eigenvalue weighted by Gasteiger charge is 2.10. The van der Waals surface area contributed by atoms with Gasteiger partial charge in [0.05, 0.1) is 17.1 Å². The molecular weight excluding hydrogens is 434 g/mol. The lowest BCUT2D eigenvalue weighted by molar-refractivity contribution is 0.102. The summed E-state index contributed by atoms with van der Waals surface area (Å²) < 4.78 is 3.63. The van der Waals surface area contributed by atoms with Crippen molar-refractivity contribution in [1.82, 2.24) is 9.78 Å². The van der Waals surface area contributed by atoms with Gasteiger partial charge in [0.1, 0.15) is 0 Å². The van der Waals surface area contributed by atoms with Crippen LogP contribution in [0.1, 0.15) is 21.7 Å². The maximum absolute atomic E-state index is 12.4. The zero-order valence-electron chi connectivity index (χ0n) is 13.2. The van der Waals surface area contributed by atoms with E-state index in [4.69, 9.17) is 0 Å². The number of amides is 1. The van der Waals surface area contributed by atoms with Crippen LogP contribution in [0.15, 0.2) is 57.5 Å². The van der Waals surface area contributed by atoms with E-state index in [2.05, 4.69) is 42.3 Å². The molecule has 0 radical (unpaired) electrons. The number of aromatic nitrogens is 2. The summed E-state index contributed by atoms with van der Waals surface area (Å²) in [6, 6.07) is 15.0. The average Bonchev–Trinajstić information content (AvgIpc) is 2.88. The minimum atomic E-state index is -0.155. The van der Waals surface area contributed by atoms with Gasteiger partial charge in [-0.25, -0.2) is 4.68 Å². The van der Waals surface area contributed by atoms with E-state index in [9.17, 15) is 4.79 Å². The van der Waals surface area contributed by atoms with Crippen molar-refractivity contribution in [2.75, 3.05) is 5.32 Å². The van der Waals surface area contributed by atoms with Gasteiger partial charge in [0, 0.05) is 20.2 Å². The third-order valence-corrected chi connectivity index (χ3v) is 4.71. The number of carbonyl (C=O) groups excluding carboxylic acids is 1. The number of halogens is 2. The molecule has 4 nitrogen and oxygen atoms in total. The quantitative estimate of drug-likeness (QED) is 0.593. The number of hydrogen-bond acceptors (Lipinski definition) is 2. The third-order valence-electron chi connectivity index (χ3n) is 3.56. The first-order valence-electron chi connectivity index (χ1n) is 7.34. The van der Waals surface area contributed by atoms with Gasteiger partial charge in [-0.15, -0.1) is 0 Å². The molecule has 3 aromatic rings. The first-order chi connectivity index (χ1) is 11.4. The molecule has 2 aromatic carbocycles. The van der Waals surface area contributed by atoms with Gasteiger partial charge in [-0.2, -0.15) is 5.10 Å². The number of anilines is 1. The number of rotatable bonds is 3. The Hall–Kier alpha value is -1.92. The average molecular weight is 449 g/mol. The molecule has 0 aliphatic heterocycles. The van der Waals surface area contributed by atoms with Gasteiger partial charge in [0.15, 0.2) is 0 Å². The van der Waals surface area contributed by atoms with Gasteiger partial charge in [-0.05, 0) is 78.3 Å². The monoisotopic (exact) mass is 447 g/mol. The molecule has 1 heterocycles. The largest absolute Gasteiger partial charge is 0.321 e. The van der Waals surface area contributed by atoms with Crippen molar-refractivity contribution in [1.29, 1.82) is 0 Å². The Labute approximate surface area is 157 Å². The Morgan fingerprint density at radius 1 is 1.04 bits per heavy atom. The molecule has 0 spiro atoms. The standard InChI is InChI=1S/C18H15Br2N3O/c1-11-9-12(2)23(22-11)15-6-3-13(4-7-15)18(24)21-17-8-5-14(19)10-16(17)20/h3-10H,1-2H3,(H,21,24). The topological polar surface area (TPSA) is 46.9 Å². The number of benzene rings is 2. The van der Waals surface area contributed by atoms with Gasteiger partial charge in [0.2, 0.25) is 0 Å². The lowest BCUT2D eigenvalue weighted by atomic mass is 10.2. The Morgan fingerprint density at radius 2 is 1.75 bits per heavy atom. The smallest absolute Gasteiger partial charge is 0.255 e. The van der Waals surface area contributed by atoms with Crippen LogP contribution in [0.2, 0.25) is 0 Å². The summed E-state index contributed by atoms with van der Waals surface area (Å²) in [7, 11) is 0. The number of carbonyl (C=O) groups is 1. The first-order valence-corrected chi connectivity index (χ1v) is 8.93. The lowest BCUT2D eigenvalue weighted by Gasteiger charge is -2.09. The molecule has 122 valence electrons. The normalized spacial score (nSPS) is 10.7. The van der Waals surface area contributed by atoms with E-state index in [1.165, 1.54) is 0 Å². The number of nitrogens with zero attached hydrogens (tertiary/aromatic N) is 2. The molecule has 0 unspecified atom stereocenters. The number of aryl methyl sites for hydroxylation is 2. The van der Waals surface area contributed by atoms with E-state index in [1.54, 1.807) is 12.1 Å². The van der Waals surface area contributed by atoms with Gasteiger partial charge >= 0.3 is 0 Å². The molecule has 0 aliphatic rings. The Balaban J connectivity index is 1.80. The molecule has 0 saturated carbocycles. The summed E-state index contributed by atoms with van der Waals surface area (Å²) in [6.07, 6.45) is 0. The molecular formula is C18H15Br2N3O. The fraction of sp³-hybridized carbons (Fsp3) is 0.111. The van der Waals surface area contributed by atoms with Crippen LogP contribution in [0.5, 0.6) is 0 Å². The molecule has 0 aliphatic carbocycles. The molecule has 6 heteroatoms. The van der Waals surface area contributed by atoms with Crippen molar-refractivity contribution < 1.29 is 4.79 Å². The van der Waals surface area contributed by atoms with Crippen molar-refractivity contribution >= 4 is 43.5 Å². The predicted octanol–water partition coefficient (Wildman–Crippen LogP) is 5.27. The summed E-state index contributed by atoms with van der Waals surface area (Å²) in [6.45, 7) is 3.97. The molecule has 3 rings (SSSR count). The second kappa shape index (κ2) is 6.91. The summed E-state index contributed by atoms with van der Waals surface area (Å²) in [5.74, 6) is -0.155. The second-order valence-electron chi connectivity index (χ2n) is 5.46. The molecule has 0 fully saturated rings. The molecule has 0 saturated heterocycles. The van der Waals surface area contributed by atoms with Crippen molar-refractivity contribution in [3.63, 3.8) is 0 Å². The fourth-order valence-electron chi connectivity index (χ4n) is 2.43. The summed E-state index contributed by atoms with van der Waals surface area (Å²) in [4.78, 5) is 12.4. The molecule has 1 N–H and O–H groups in total. The van der Waals surface area contributed by atoms with Crippen molar-refractivity contribution in [3.8, 4) is 5.69 Å². The Bertz CT molecular complexity index is 901. The van der Waals surface area contributed by atoms with E-state index in [-0.39, 0.29) is 5.91 Å². The van der Waals surface area contributed by atoms with Gasteiger partial charge in [0.25, 0.3) is 5.91 Å². The molecule has 1 aromatic heterocycles. The van der Waals surface area contributed by atoms with E-state index in [0.29, 0.717) is 5.56 Å². The second-order valence-corrected chi connectivity index (χ2v) is 7.23. The highest BCUT2D eigenvalue weighted by atomic mass is 79.9. The Morgan fingerprint density at radius 3 is 2.33 bits per heavy atom. The van der Waals surface area contributed by atoms with Crippen LogP contribution in [0, 0.1) is 13.8 Å². The number of hydrogen-bond donors (Lipinski definition) is 1. The predicted molar refractivity (Wildman–Crippen MR) is 103 cm³/mol. The van der Waals surface area contributed by atoms with Crippen molar-refractivity contribution in [3.05, 3.63) is 74.4 Å². The molecule has 0 bridgehead atoms. The van der Waals surface area contributed by atoms with E-state index >= 15 is 0 Å². The lowest BCUT2D eigenvalue weighted by Crippen LogP contribution is -2.12. The van der Waals surface area contributed by atoms with E-state index < -0.39 is 0 Å². The van der Waals surface area contributed by atoms with Crippen molar-refractivity contribution in [2.45, 2.75) is 13.8 Å². The zero-order valence-corrected chi connectivity index (χ0v) is 16.3. The highest BCUT2D eigenvalue weighted by molar-refractivity contribution is 9.11. The van der Waals surface area contributed by atoms with Crippen LogP contribution in [0.4, 0.5) is 5.69 Å². The first kappa shape index (κ1) is 16.9. The molecule has 1 amide bonds. The summed E-state index contributed by atoms with van der Waals surface area (Å²) >= 11 is 6.84. The molecule has 24 heavy (non-hydrogen) atoms. The maximum atomic E-state index is 12.4. The van der Waals surface area contributed by atoms with Crippen LogP contribution >= 0.6 is 31.9 Å².